The standard InChI is InChI=1S/C16H15NO2S2/c1-11-3-5-12(6-4-11)14-8-7-13(19-14)9-15(21-10-20)16(18)17-2/h3-10H,1-2H3,(H,17,18)/b15-9+. The average Bonchev–Trinajstić information content (AvgIpc) is 2.95. The Balaban J connectivity index is 2.28. The lowest BCUT2D eigenvalue weighted by Crippen LogP contribution is -2.18. The molecule has 21 heavy (non-hydrogen) atoms. The van der Waals surface area contributed by atoms with Crippen molar-refractivity contribution in [2.75, 3.05) is 7.05 Å². The minimum absolute atomic E-state index is 0.186. The molecule has 5 heteroatoms. The van der Waals surface area contributed by atoms with Gasteiger partial charge in [-0.1, -0.05) is 53.8 Å². The van der Waals surface area contributed by atoms with E-state index in [0.29, 0.717) is 10.7 Å². The van der Waals surface area contributed by atoms with Crippen LogP contribution < -0.4 is 5.32 Å². The van der Waals surface area contributed by atoms with Gasteiger partial charge >= 0.3 is 0 Å². The molecule has 1 N–H and O–H groups in total. The largest absolute Gasteiger partial charge is 0.457 e. The SMILES string of the molecule is CNC(=O)/C(=C\c1ccc(-c2ccc(C)cc2)o1)SC=S. The van der Waals surface area contributed by atoms with Gasteiger partial charge in [-0.2, -0.15) is 0 Å². The van der Waals surface area contributed by atoms with Gasteiger partial charge in [0.2, 0.25) is 0 Å². The number of carbonyl (C=O) groups is 1. The molecule has 1 heterocycles. The molecule has 2 rings (SSSR count). The third-order valence-electron chi connectivity index (χ3n) is 2.86. The normalized spacial score (nSPS) is 11.2. The van der Waals surface area contributed by atoms with Gasteiger partial charge in [-0.3, -0.25) is 4.79 Å². The molecular weight excluding hydrogens is 302 g/mol. The number of benzene rings is 1. The Labute approximate surface area is 133 Å². The van der Waals surface area contributed by atoms with Gasteiger partial charge in [0.1, 0.15) is 11.5 Å². The Morgan fingerprint density at radius 1 is 1.24 bits per heavy atom. The van der Waals surface area contributed by atoms with Gasteiger partial charge in [0.25, 0.3) is 5.91 Å². The van der Waals surface area contributed by atoms with E-state index in [4.69, 9.17) is 16.6 Å². The van der Waals surface area contributed by atoms with Crippen molar-refractivity contribution >= 4 is 40.7 Å². The summed E-state index contributed by atoms with van der Waals surface area (Å²) in [6.45, 7) is 2.04. The Bertz CT molecular complexity index is 672. The van der Waals surface area contributed by atoms with E-state index in [1.54, 1.807) is 13.1 Å². The molecule has 3 nitrogen and oxygen atoms in total. The van der Waals surface area contributed by atoms with Crippen LogP contribution in [0.3, 0.4) is 0 Å². The number of amides is 1. The summed E-state index contributed by atoms with van der Waals surface area (Å²) in [6, 6.07) is 11.8. The quantitative estimate of drug-likeness (QED) is 0.668. The molecule has 0 aliphatic carbocycles. The first-order valence-corrected chi connectivity index (χ1v) is 7.70. The predicted molar refractivity (Wildman–Crippen MR) is 92.2 cm³/mol. The van der Waals surface area contributed by atoms with Gasteiger partial charge < -0.3 is 9.73 Å². The summed E-state index contributed by atoms with van der Waals surface area (Å²) in [5.41, 5.74) is 2.20. The van der Waals surface area contributed by atoms with Gasteiger partial charge in [0, 0.05) is 23.4 Å². The van der Waals surface area contributed by atoms with Crippen molar-refractivity contribution in [3.05, 3.63) is 52.6 Å². The van der Waals surface area contributed by atoms with Crippen LogP contribution in [-0.2, 0) is 4.79 Å². The summed E-state index contributed by atoms with van der Waals surface area (Å²) in [6.07, 6.45) is 1.68. The molecule has 1 aromatic carbocycles. The van der Waals surface area contributed by atoms with Crippen LogP contribution in [0.4, 0.5) is 0 Å². The maximum atomic E-state index is 11.7. The molecule has 108 valence electrons. The molecular formula is C16H15NO2S2. The first kappa shape index (κ1) is 15.5. The number of aryl methyl sites for hydroxylation is 1. The van der Waals surface area contributed by atoms with E-state index < -0.39 is 0 Å². The van der Waals surface area contributed by atoms with E-state index in [9.17, 15) is 4.79 Å². The van der Waals surface area contributed by atoms with Gasteiger partial charge in [0.15, 0.2) is 0 Å². The smallest absolute Gasteiger partial charge is 0.257 e. The fourth-order valence-electron chi connectivity index (χ4n) is 1.76. The van der Waals surface area contributed by atoms with Crippen molar-refractivity contribution in [1.82, 2.24) is 5.32 Å². The molecule has 0 bridgehead atoms. The molecule has 0 atom stereocenters. The zero-order valence-corrected chi connectivity index (χ0v) is 13.4. The molecule has 0 unspecified atom stereocenters. The first-order valence-electron chi connectivity index (χ1n) is 6.35. The van der Waals surface area contributed by atoms with E-state index >= 15 is 0 Å². The predicted octanol–water partition coefficient (Wildman–Crippen LogP) is 4.03. The lowest BCUT2D eigenvalue weighted by atomic mass is 10.1. The van der Waals surface area contributed by atoms with Crippen LogP contribution in [0, 0.1) is 6.92 Å². The highest BCUT2D eigenvalue weighted by atomic mass is 32.2. The van der Waals surface area contributed by atoms with Gasteiger partial charge in [-0.15, -0.1) is 0 Å². The summed E-state index contributed by atoms with van der Waals surface area (Å²) >= 11 is 5.98. The number of thiocarbonyl (C=S) groups is 1. The van der Waals surface area contributed by atoms with Crippen LogP contribution in [0.25, 0.3) is 17.4 Å². The molecule has 0 saturated heterocycles. The summed E-state index contributed by atoms with van der Waals surface area (Å²) in [5, 5.41) is 2.58. The first-order chi connectivity index (χ1) is 10.1. The van der Waals surface area contributed by atoms with E-state index in [0.717, 1.165) is 11.3 Å². The average molecular weight is 317 g/mol. The molecule has 0 saturated carbocycles. The van der Waals surface area contributed by atoms with Crippen LogP contribution >= 0.6 is 24.0 Å². The Morgan fingerprint density at radius 3 is 2.57 bits per heavy atom. The van der Waals surface area contributed by atoms with Gasteiger partial charge in [-0.25, -0.2) is 0 Å². The summed E-state index contributed by atoms with van der Waals surface area (Å²) in [5.74, 6) is 1.20. The lowest BCUT2D eigenvalue weighted by Gasteiger charge is -2.01. The second-order valence-corrected chi connectivity index (χ2v) is 5.82. The molecule has 0 fully saturated rings. The monoisotopic (exact) mass is 317 g/mol. The summed E-state index contributed by atoms with van der Waals surface area (Å²) in [4.78, 5) is 12.2. The third kappa shape index (κ3) is 4.06. The lowest BCUT2D eigenvalue weighted by molar-refractivity contribution is -0.116. The number of hydrogen-bond donors (Lipinski definition) is 1. The molecule has 0 aliphatic rings. The zero-order valence-electron chi connectivity index (χ0n) is 11.8. The molecule has 0 aliphatic heterocycles. The minimum atomic E-state index is -0.186. The maximum absolute atomic E-state index is 11.7. The van der Waals surface area contributed by atoms with Crippen molar-refractivity contribution in [1.29, 1.82) is 0 Å². The van der Waals surface area contributed by atoms with Crippen molar-refractivity contribution in [3.63, 3.8) is 0 Å². The minimum Gasteiger partial charge on any atom is -0.457 e. The topological polar surface area (TPSA) is 42.2 Å². The fourth-order valence-corrected chi connectivity index (χ4v) is 2.57. The Kier molecular flexibility index (Phi) is 5.36. The van der Waals surface area contributed by atoms with Crippen molar-refractivity contribution in [3.8, 4) is 11.3 Å². The number of nitrogens with one attached hydrogen (secondary N) is 1. The fraction of sp³-hybridized carbons (Fsp3) is 0.125. The van der Waals surface area contributed by atoms with Crippen molar-refractivity contribution in [2.24, 2.45) is 0 Å². The number of hydrogen-bond acceptors (Lipinski definition) is 4. The van der Waals surface area contributed by atoms with Gasteiger partial charge in [0.05, 0.1) is 4.91 Å². The highest BCUT2D eigenvalue weighted by molar-refractivity contribution is 8.24. The second-order valence-electron chi connectivity index (χ2n) is 4.37. The van der Waals surface area contributed by atoms with Crippen molar-refractivity contribution in [2.45, 2.75) is 6.92 Å². The molecule has 0 radical (unpaired) electrons. The number of rotatable bonds is 5. The molecule has 0 spiro atoms. The molecule has 1 aromatic heterocycles. The summed E-state index contributed by atoms with van der Waals surface area (Å²) in [7, 11) is 1.58. The number of thioether (sulfide) groups is 1. The summed E-state index contributed by atoms with van der Waals surface area (Å²) < 4.78 is 7.21. The van der Waals surface area contributed by atoms with E-state index in [1.165, 1.54) is 22.0 Å². The van der Waals surface area contributed by atoms with Crippen LogP contribution in [0.2, 0.25) is 0 Å². The second kappa shape index (κ2) is 7.24. The number of furan rings is 1. The van der Waals surface area contributed by atoms with E-state index in [-0.39, 0.29) is 5.91 Å². The molecule has 2 aromatic rings. The van der Waals surface area contributed by atoms with Crippen LogP contribution in [0.5, 0.6) is 0 Å². The van der Waals surface area contributed by atoms with Crippen molar-refractivity contribution < 1.29 is 9.21 Å². The number of carbonyl (C=O) groups excluding carboxylic acids is 1. The maximum Gasteiger partial charge on any atom is 0.257 e. The van der Waals surface area contributed by atoms with Crippen LogP contribution in [0.1, 0.15) is 11.3 Å². The highest BCUT2D eigenvalue weighted by Crippen LogP contribution is 2.25. The third-order valence-corrected chi connectivity index (χ3v) is 3.80. The van der Waals surface area contributed by atoms with E-state index in [2.05, 4.69) is 5.32 Å². The Morgan fingerprint density at radius 2 is 1.95 bits per heavy atom. The Hall–Kier alpha value is -1.85. The van der Waals surface area contributed by atoms with Crippen LogP contribution in [-0.4, -0.2) is 17.7 Å². The molecule has 1 amide bonds. The van der Waals surface area contributed by atoms with E-state index in [1.807, 2.05) is 43.3 Å². The highest BCUT2D eigenvalue weighted by Gasteiger charge is 2.09. The van der Waals surface area contributed by atoms with Crippen LogP contribution in [0.15, 0.2) is 45.7 Å². The zero-order chi connectivity index (χ0) is 15.2. The van der Waals surface area contributed by atoms with Gasteiger partial charge in [-0.05, 0) is 19.1 Å². The number of likely N-dealkylation sites (N-methyl/N-ethyl adjacent to an activating group) is 1.